The minimum atomic E-state index is -1.08. The molecule has 34 heavy (non-hydrogen) atoms. The Morgan fingerprint density at radius 3 is 1.88 bits per heavy atom. The Bertz CT molecular complexity index is 891. The van der Waals surface area contributed by atoms with Gasteiger partial charge in [-0.1, -0.05) is 63.3 Å². The van der Waals surface area contributed by atoms with Crippen LogP contribution in [0.2, 0.25) is 0 Å². The maximum absolute atomic E-state index is 11.9. The van der Waals surface area contributed by atoms with E-state index in [9.17, 15) is 14.4 Å². The van der Waals surface area contributed by atoms with E-state index >= 15 is 0 Å². The smallest absolute Gasteiger partial charge is 0.494 e. The Hall–Kier alpha value is -3.61. The van der Waals surface area contributed by atoms with Gasteiger partial charge in [0.05, 0.1) is 18.8 Å². The number of rotatable bonds is 15. The van der Waals surface area contributed by atoms with Crippen molar-refractivity contribution in [3.8, 4) is 11.5 Å². The summed E-state index contributed by atoms with van der Waals surface area (Å²) in [6.45, 7) is 4.44. The predicted molar refractivity (Wildman–Crippen MR) is 128 cm³/mol. The van der Waals surface area contributed by atoms with Crippen LogP contribution < -0.4 is 9.47 Å². The summed E-state index contributed by atoms with van der Waals surface area (Å²) in [6, 6.07) is 14.8. The molecule has 0 N–H and O–H groups in total. The molecule has 2 aromatic rings. The van der Waals surface area contributed by atoms with E-state index in [4.69, 9.17) is 14.2 Å². The lowest BCUT2D eigenvalue weighted by Gasteiger charge is -2.08. The van der Waals surface area contributed by atoms with E-state index in [1.807, 2.05) is 0 Å². The fourth-order valence-corrected chi connectivity index (χ4v) is 3.12. The number of benzene rings is 2. The van der Waals surface area contributed by atoms with Gasteiger partial charge in [-0.05, 0) is 49.2 Å². The zero-order valence-electron chi connectivity index (χ0n) is 19.4. The van der Waals surface area contributed by atoms with Gasteiger partial charge in [0, 0.05) is 6.08 Å². The number of hydrogen-bond donors (Lipinski definition) is 0. The van der Waals surface area contributed by atoms with Crippen LogP contribution in [0, 0.1) is 0 Å². The van der Waals surface area contributed by atoms with Crippen LogP contribution in [-0.2, 0) is 14.3 Å². The van der Waals surface area contributed by atoms with Crippen molar-refractivity contribution in [3.05, 3.63) is 72.8 Å². The highest BCUT2D eigenvalue weighted by Crippen LogP contribution is 2.19. The molecule has 2 aromatic carbocycles. The molecule has 0 saturated carbocycles. The highest BCUT2D eigenvalue weighted by molar-refractivity contribution is 5.95. The molecule has 0 spiro atoms. The number of ether oxygens (including phenoxy) is 4. The molecule has 7 heteroatoms. The van der Waals surface area contributed by atoms with Crippen LogP contribution in [0.4, 0.5) is 4.79 Å². The molecule has 0 amide bonds. The van der Waals surface area contributed by atoms with Gasteiger partial charge in [-0.3, -0.25) is 0 Å². The molecule has 0 unspecified atom stereocenters. The van der Waals surface area contributed by atoms with Gasteiger partial charge in [-0.15, -0.1) is 0 Å². The van der Waals surface area contributed by atoms with Crippen molar-refractivity contribution in [1.82, 2.24) is 0 Å². The summed E-state index contributed by atoms with van der Waals surface area (Å²) in [5.74, 6) is -0.184. The lowest BCUT2D eigenvalue weighted by Crippen LogP contribution is -2.16. The highest BCUT2D eigenvalue weighted by Gasteiger charge is 2.14. The molecule has 0 fully saturated rings. The summed E-state index contributed by atoms with van der Waals surface area (Å²) in [7, 11) is 0. The Labute approximate surface area is 200 Å². The monoisotopic (exact) mass is 468 g/mol. The number of esters is 2. The summed E-state index contributed by atoms with van der Waals surface area (Å²) in [5.41, 5.74) is 0.270. The molecule has 0 aliphatic rings. The van der Waals surface area contributed by atoms with Crippen molar-refractivity contribution < 1.29 is 33.3 Å². The van der Waals surface area contributed by atoms with Gasteiger partial charge in [0.1, 0.15) is 11.5 Å². The zero-order valence-corrected chi connectivity index (χ0v) is 19.4. The predicted octanol–water partition coefficient (Wildman–Crippen LogP) is 6.27. The fourth-order valence-electron chi connectivity index (χ4n) is 3.12. The first kappa shape index (κ1) is 26.6. The third kappa shape index (κ3) is 11.3. The standard InChI is InChI=1S/C27H32O7/c1-2-25(28)32-21-13-8-6-4-3-5-7-12-20-31-23-16-18-24(19-17-23)33-27(30)34-26(29)22-14-10-9-11-15-22/h2,9-11,14-19H,1,3-8,12-13,20-21H2. The minimum Gasteiger partial charge on any atom is -0.494 e. The minimum absolute atomic E-state index is 0.261. The van der Waals surface area contributed by atoms with E-state index in [0.717, 1.165) is 38.5 Å². The molecular formula is C27H32O7. The second-order valence-electron chi connectivity index (χ2n) is 7.63. The van der Waals surface area contributed by atoms with Gasteiger partial charge in [0.15, 0.2) is 0 Å². The first-order chi connectivity index (χ1) is 16.6. The normalized spacial score (nSPS) is 10.2. The fraction of sp³-hybridized carbons (Fsp3) is 0.370. The molecule has 7 nitrogen and oxygen atoms in total. The third-order valence-electron chi connectivity index (χ3n) is 4.93. The molecule has 2 rings (SSSR count). The summed E-state index contributed by atoms with van der Waals surface area (Å²) >= 11 is 0. The van der Waals surface area contributed by atoms with Crippen LogP contribution in [0.1, 0.15) is 61.7 Å². The van der Waals surface area contributed by atoms with Crippen LogP contribution in [0.15, 0.2) is 67.3 Å². The van der Waals surface area contributed by atoms with E-state index in [-0.39, 0.29) is 17.3 Å². The van der Waals surface area contributed by atoms with Crippen LogP contribution in [0.25, 0.3) is 0 Å². The average Bonchev–Trinajstić information content (AvgIpc) is 2.86. The summed E-state index contributed by atoms with van der Waals surface area (Å²) in [6.07, 6.45) is 8.78. The number of carbonyl (C=O) groups excluding carboxylic acids is 3. The lowest BCUT2D eigenvalue weighted by atomic mass is 10.1. The van der Waals surface area contributed by atoms with Crippen LogP contribution in [0.5, 0.6) is 11.5 Å². The molecule has 182 valence electrons. The van der Waals surface area contributed by atoms with E-state index in [0.29, 0.717) is 19.0 Å². The number of carbonyl (C=O) groups is 3. The maximum Gasteiger partial charge on any atom is 0.521 e. The largest absolute Gasteiger partial charge is 0.521 e. The van der Waals surface area contributed by atoms with Crippen molar-refractivity contribution in [2.45, 2.75) is 51.4 Å². The van der Waals surface area contributed by atoms with Gasteiger partial charge in [0.25, 0.3) is 0 Å². The van der Waals surface area contributed by atoms with Gasteiger partial charge in [-0.25, -0.2) is 14.4 Å². The summed E-state index contributed by atoms with van der Waals surface area (Å²) in [5, 5.41) is 0. The molecule has 0 aliphatic heterocycles. The summed E-state index contributed by atoms with van der Waals surface area (Å²) in [4.78, 5) is 34.5. The third-order valence-corrected chi connectivity index (χ3v) is 4.93. The lowest BCUT2D eigenvalue weighted by molar-refractivity contribution is -0.137. The zero-order chi connectivity index (χ0) is 24.4. The second kappa shape index (κ2) is 16.1. The molecule has 0 aromatic heterocycles. The Morgan fingerprint density at radius 1 is 0.706 bits per heavy atom. The van der Waals surface area contributed by atoms with Crippen molar-refractivity contribution >= 4 is 18.1 Å². The van der Waals surface area contributed by atoms with Crippen LogP contribution in [-0.4, -0.2) is 31.3 Å². The van der Waals surface area contributed by atoms with Gasteiger partial charge < -0.3 is 18.9 Å². The molecule has 0 saturated heterocycles. The van der Waals surface area contributed by atoms with Crippen molar-refractivity contribution in [2.75, 3.05) is 13.2 Å². The first-order valence-electron chi connectivity index (χ1n) is 11.6. The highest BCUT2D eigenvalue weighted by atomic mass is 16.7. The topological polar surface area (TPSA) is 88.1 Å². The molecule has 0 radical (unpaired) electrons. The SMILES string of the molecule is C=CC(=O)OCCCCCCCCCCOc1ccc(OC(=O)OC(=O)c2ccccc2)cc1. The molecule has 0 atom stereocenters. The number of unbranched alkanes of at least 4 members (excludes halogenated alkanes) is 7. The van der Waals surface area contributed by atoms with Crippen molar-refractivity contribution in [2.24, 2.45) is 0 Å². The Balaban J connectivity index is 1.49. The van der Waals surface area contributed by atoms with E-state index in [1.54, 1.807) is 54.6 Å². The van der Waals surface area contributed by atoms with Gasteiger partial charge in [-0.2, -0.15) is 0 Å². The molecule has 0 aliphatic carbocycles. The van der Waals surface area contributed by atoms with Crippen molar-refractivity contribution in [1.29, 1.82) is 0 Å². The molecule has 0 heterocycles. The average molecular weight is 469 g/mol. The van der Waals surface area contributed by atoms with E-state index in [2.05, 4.69) is 11.3 Å². The van der Waals surface area contributed by atoms with E-state index in [1.165, 1.54) is 18.9 Å². The van der Waals surface area contributed by atoms with Crippen LogP contribution >= 0.6 is 0 Å². The summed E-state index contributed by atoms with van der Waals surface area (Å²) < 4.78 is 20.4. The first-order valence-corrected chi connectivity index (χ1v) is 11.6. The maximum atomic E-state index is 11.9. The number of hydrogen-bond acceptors (Lipinski definition) is 7. The Morgan fingerprint density at radius 2 is 1.26 bits per heavy atom. The van der Waals surface area contributed by atoms with Crippen molar-refractivity contribution in [3.63, 3.8) is 0 Å². The van der Waals surface area contributed by atoms with Gasteiger partial charge >= 0.3 is 18.1 Å². The molecule has 0 bridgehead atoms. The quantitative estimate of drug-likeness (QED) is 0.100. The second-order valence-corrected chi connectivity index (χ2v) is 7.63. The van der Waals surface area contributed by atoms with Crippen LogP contribution in [0.3, 0.4) is 0 Å². The van der Waals surface area contributed by atoms with E-state index < -0.39 is 12.1 Å². The molecular weight excluding hydrogens is 436 g/mol. The Kier molecular flexibility index (Phi) is 12.6. The van der Waals surface area contributed by atoms with Gasteiger partial charge in [0.2, 0.25) is 0 Å².